The van der Waals surface area contributed by atoms with E-state index in [0.29, 0.717) is 0 Å². The van der Waals surface area contributed by atoms with Crippen molar-refractivity contribution in [1.82, 2.24) is 0 Å². The quantitative estimate of drug-likeness (QED) is 0.331. The summed E-state index contributed by atoms with van der Waals surface area (Å²) in [7, 11) is 1.25. The van der Waals surface area contributed by atoms with Crippen molar-refractivity contribution < 1.29 is 29.9 Å². The van der Waals surface area contributed by atoms with E-state index in [-0.39, 0.29) is 12.4 Å². The minimum absolute atomic E-state index is 0. The second kappa shape index (κ2) is 5.37. The highest BCUT2D eigenvalue weighted by Crippen LogP contribution is 2.26. The SMILES string of the molecule is CO[C@H]1O[C@H](CO)[C@@H](O)[C@](N)(O)[C@@H]1O.Cl. The van der Waals surface area contributed by atoms with Gasteiger partial charge in [0.1, 0.15) is 18.3 Å². The van der Waals surface area contributed by atoms with Crippen LogP contribution in [0, 0.1) is 0 Å². The van der Waals surface area contributed by atoms with E-state index in [1.807, 2.05) is 0 Å². The predicted octanol–water partition coefficient (Wildman–Crippen LogP) is -2.86. The fraction of sp³-hybridized carbons (Fsp3) is 1.00. The second-order valence-corrected chi connectivity index (χ2v) is 3.24. The third kappa shape index (κ3) is 2.58. The number of methoxy groups -OCH3 is 1. The lowest BCUT2D eigenvalue weighted by Gasteiger charge is -2.45. The zero-order valence-corrected chi connectivity index (χ0v) is 8.92. The molecule has 6 N–H and O–H groups in total. The molecule has 0 aliphatic carbocycles. The summed E-state index contributed by atoms with van der Waals surface area (Å²) in [6.07, 6.45) is -5.41. The van der Waals surface area contributed by atoms with E-state index in [4.69, 9.17) is 15.6 Å². The minimum atomic E-state index is -2.26. The Bertz CT molecular complexity index is 186. The highest BCUT2D eigenvalue weighted by Gasteiger charge is 2.52. The standard InChI is InChI=1S/C7H15NO6.ClH/c1-13-6-5(11)7(8,12)4(10)3(2-9)14-6;/h3-6,9-12H,2,8H2,1H3;1H/t3-,4-,5-,6+,7+;/m1./s1. The molecule has 92 valence electrons. The fourth-order valence-electron chi connectivity index (χ4n) is 1.34. The van der Waals surface area contributed by atoms with E-state index in [0.717, 1.165) is 0 Å². The smallest absolute Gasteiger partial charge is 0.187 e. The van der Waals surface area contributed by atoms with Gasteiger partial charge in [0, 0.05) is 7.11 Å². The molecular weight excluding hydrogens is 230 g/mol. The lowest BCUT2D eigenvalue weighted by molar-refractivity contribution is -0.326. The van der Waals surface area contributed by atoms with Crippen LogP contribution in [0.5, 0.6) is 0 Å². The number of ether oxygens (including phenoxy) is 2. The van der Waals surface area contributed by atoms with Crippen LogP contribution in [0.15, 0.2) is 0 Å². The maximum atomic E-state index is 9.52. The van der Waals surface area contributed by atoms with Crippen molar-refractivity contribution in [2.75, 3.05) is 13.7 Å². The largest absolute Gasteiger partial charge is 0.394 e. The zero-order chi connectivity index (χ0) is 10.9. The Balaban J connectivity index is 0.00000196. The van der Waals surface area contributed by atoms with E-state index >= 15 is 0 Å². The molecule has 0 aromatic heterocycles. The number of hydrogen-bond acceptors (Lipinski definition) is 7. The topological polar surface area (TPSA) is 125 Å². The molecule has 1 heterocycles. The number of halogens is 1. The Labute approximate surface area is 92.8 Å². The number of aliphatic hydroxyl groups is 4. The molecule has 1 saturated heterocycles. The molecule has 0 amide bonds. The Morgan fingerprint density at radius 1 is 1.40 bits per heavy atom. The van der Waals surface area contributed by atoms with Gasteiger partial charge in [0.25, 0.3) is 0 Å². The van der Waals surface area contributed by atoms with Crippen LogP contribution in [0.1, 0.15) is 0 Å². The maximum Gasteiger partial charge on any atom is 0.187 e. The molecule has 1 fully saturated rings. The Morgan fingerprint density at radius 2 is 1.93 bits per heavy atom. The van der Waals surface area contributed by atoms with Gasteiger partial charge in [0.05, 0.1) is 6.61 Å². The van der Waals surface area contributed by atoms with Crippen LogP contribution < -0.4 is 5.73 Å². The van der Waals surface area contributed by atoms with Gasteiger partial charge >= 0.3 is 0 Å². The van der Waals surface area contributed by atoms with Crippen molar-refractivity contribution in [2.45, 2.75) is 30.3 Å². The average Bonchev–Trinajstić information content (AvgIpc) is 2.16. The lowest BCUT2D eigenvalue weighted by atomic mass is 9.93. The summed E-state index contributed by atoms with van der Waals surface area (Å²) in [6.45, 7) is -0.534. The number of nitrogens with two attached hydrogens (primary N) is 1. The molecule has 0 aromatic carbocycles. The van der Waals surface area contributed by atoms with Crippen molar-refractivity contribution in [3.05, 3.63) is 0 Å². The van der Waals surface area contributed by atoms with Crippen molar-refractivity contribution in [2.24, 2.45) is 5.73 Å². The monoisotopic (exact) mass is 245 g/mol. The van der Waals surface area contributed by atoms with E-state index in [1.165, 1.54) is 7.11 Å². The number of aliphatic hydroxyl groups excluding tert-OH is 3. The van der Waals surface area contributed by atoms with Crippen LogP contribution in [-0.2, 0) is 9.47 Å². The average molecular weight is 246 g/mol. The number of hydrogen-bond donors (Lipinski definition) is 5. The van der Waals surface area contributed by atoms with Crippen LogP contribution >= 0.6 is 12.4 Å². The number of rotatable bonds is 2. The molecular formula is C7H16ClNO6. The molecule has 1 aliphatic heterocycles. The molecule has 1 rings (SSSR count). The molecule has 0 bridgehead atoms. The second-order valence-electron chi connectivity index (χ2n) is 3.24. The van der Waals surface area contributed by atoms with E-state index in [9.17, 15) is 15.3 Å². The van der Waals surface area contributed by atoms with Gasteiger partial charge in [0.15, 0.2) is 12.0 Å². The van der Waals surface area contributed by atoms with E-state index in [2.05, 4.69) is 4.74 Å². The van der Waals surface area contributed by atoms with Crippen molar-refractivity contribution >= 4 is 12.4 Å². The predicted molar refractivity (Wildman–Crippen MR) is 51.2 cm³/mol. The first-order chi connectivity index (χ1) is 6.45. The van der Waals surface area contributed by atoms with Crippen LogP contribution in [0.25, 0.3) is 0 Å². The Kier molecular flexibility index (Phi) is 5.38. The van der Waals surface area contributed by atoms with E-state index in [1.54, 1.807) is 0 Å². The summed E-state index contributed by atoms with van der Waals surface area (Å²) in [5, 5.41) is 37.1. The molecule has 1 aliphatic rings. The van der Waals surface area contributed by atoms with Gasteiger partial charge in [0.2, 0.25) is 0 Å². The van der Waals surface area contributed by atoms with Crippen LogP contribution in [0.3, 0.4) is 0 Å². The molecule has 0 unspecified atom stereocenters. The van der Waals surface area contributed by atoms with Gasteiger partial charge in [-0.05, 0) is 0 Å². The summed E-state index contributed by atoms with van der Waals surface area (Å²) in [4.78, 5) is 0. The van der Waals surface area contributed by atoms with Crippen LogP contribution in [0.2, 0.25) is 0 Å². The van der Waals surface area contributed by atoms with Crippen LogP contribution in [0.4, 0.5) is 0 Å². The highest BCUT2D eigenvalue weighted by atomic mass is 35.5. The molecule has 7 nitrogen and oxygen atoms in total. The van der Waals surface area contributed by atoms with Gasteiger partial charge in [-0.2, -0.15) is 0 Å². The molecule has 15 heavy (non-hydrogen) atoms. The first-order valence-corrected chi connectivity index (χ1v) is 4.11. The Hall–Kier alpha value is 0.01000. The molecule has 5 atom stereocenters. The summed E-state index contributed by atoms with van der Waals surface area (Å²) >= 11 is 0. The van der Waals surface area contributed by atoms with E-state index < -0.39 is 36.9 Å². The summed E-state index contributed by atoms with van der Waals surface area (Å²) in [6, 6.07) is 0. The molecule has 8 heteroatoms. The summed E-state index contributed by atoms with van der Waals surface area (Å²) in [5.74, 6) is 0. The van der Waals surface area contributed by atoms with Gasteiger partial charge in [-0.1, -0.05) is 0 Å². The minimum Gasteiger partial charge on any atom is -0.394 e. The summed E-state index contributed by atoms with van der Waals surface area (Å²) in [5.41, 5.74) is 3.02. The maximum absolute atomic E-state index is 9.52. The highest BCUT2D eigenvalue weighted by molar-refractivity contribution is 5.85. The normalized spacial score (nSPS) is 46.0. The van der Waals surface area contributed by atoms with Crippen LogP contribution in [-0.4, -0.2) is 64.5 Å². The summed E-state index contributed by atoms with van der Waals surface area (Å²) < 4.78 is 9.62. The van der Waals surface area contributed by atoms with Gasteiger partial charge in [-0.25, -0.2) is 0 Å². The molecule has 0 aromatic rings. The van der Waals surface area contributed by atoms with Crippen molar-refractivity contribution in [1.29, 1.82) is 0 Å². The first kappa shape index (κ1) is 15.0. The lowest BCUT2D eigenvalue weighted by Crippen LogP contribution is -2.71. The fourth-order valence-corrected chi connectivity index (χ4v) is 1.34. The third-order valence-corrected chi connectivity index (χ3v) is 2.28. The molecule has 0 radical (unpaired) electrons. The van der Waals surface area contributed by atoms with Gasteiger partial charge < -0.3 is 29.9 Å². The van der Waals surface area contributed by atoms with Gasteiger partial charge in [-0.15, -0.1) is 12.4 Å². The van der Waals surface area contributed by atoms with Crippen molar-refractivity contribution in [3.8, 4) is 0 Å². The van der Waals surface area contributed by atoms with Crippen molar-refractivity contribution in [3.63, 3.8) is 0 Å². The molecule has 0 saturated carbocycles. The van der Waals surface area contributed by atoms with Gasteiger partial charge in [-0.3, -0.25) is 5.73 Å². The first-order valence-electron chi connectivity index (χ1n) is 4.11. The molecule has 0 spiro atoms. The zero-order valence-electron chi connectivity index (χ0n) is 8.11. The third-order valence-electron chi connectivity index (χ3n) is 2.28. The Morgan fingerprint density at radius 3 is 2.33 bits per heavy atom.